The number of thioether (sulfide) groups is 1. The Labute approximate surface area is 116 Å². The SMILES string of the molecule is COC(=O)C(C)(C)CSc1ncnc2ccccc12. The predicted molar refractivity (Wildman–Crippen MR) is 76.1 cm³/mol. The molecular formula is C14H16N2O2S. The van der Waals surface area contributed by atoms with Crippen molar-refractivity contribution in [3.63, 3.8) is 0 Å². The van der Waals surface area contributed by atoms with Crippen LogP contribution < -0.4 is 0 Å². The van der Waals surface area contributed by atoms with Crippen molar-refractivity contribution in [2.75, 3.05) is 12.9 Å². The highest BCUT2D eigenvalue weighted by Gasteiger charge is 2.29. The summed E-state index contributed by atoms with van der Waals surface area (Å²) in [6.45, 7) is 3.74. The number of ether oxygens (including phenoxy) is 1. The fourth-order valence-electron chi connectivity index (χ4n) is 1.68. The van der Waals surface area contributed by atoms with E-state index >= 15 is 0 Å². The first kappa shape index (κ1) is 13.8. The molecule has 1 heterocycles. The van der Waals surface area contributed by atoms with Gasteiger partial charge in [0.2, 0.25) is 0 Å². The molecule has 0 aliphatic heterocycles. The van der Waals surface area contributed by atoms with Gasteiger partial charge in [0.15, 0.2) is 0 Å². The first-order valence-corrected chi connectivity index (χ1v) is 6.94. The minimum absolute atomic E-state index is 0.210. The minimum atomic E-state index is -0.536. The van der Waals surface area contributed by atoms with Gasteiger partial charge < -0.3 is 4.74 Å². The second-order valence-electron chi connectivity index (χ2n) is 4.86. The number of nitrogens with zero attached hydrogens (tertiary/aromatic N) is 2. The quantitative estimate of drug-likeness (QED) is 0.488. The number of carbonyl (C=O) groups excluding carboxylic acids is 1. The summed E-state index contributed by atoms with van der Waals surface area (Å²) in [7, 11) is 1.41. The molecule has 0 aliphatic rings. The van der Waals surface area contributed by atoms with E-state index in [1.807, 2.05) is 38.1 Å². The van der Waals surface area contributed by atoms with Crippen molar-refractivity contribution >= 4 is 28.6 Å². The summed E-state index contributed by atoms with van der Waals surface area (Å²) in [5, 5.41) is 1.90. The molecule has 19 heavy (non-hydrogen) atoms. The van der Waals surface area contributed by atoms with Crippen molar-refractivity contribution in [3.05, 3.63) is 30.6 Å². The summed E-state index contributed by atoms with van der Waals surface area (Å²) in [5.74, 6) is 0.402. The lowest BCUT2D eigenvalue weighted by atomic mass is 9.97. The Morgan fingerprint density at radius 1 is 1.32 bits per heavy atom. The molecule has 100 valence electrons. The molecule has 0 spiro atoms. The number of fused-ring (bicyclic) bond motifs is 1. The van der Waals surface area contributed by atoms with Crippen LogP contribution in [0.5, 0.6) is 0 Å². The van der Waals surface area contributed by atoms with Gasteiger partial charge >= 0.3 is 5.97 Å². The topological polar surface area (TPSA) is 52.1 Å². The molecule has 0 amide bonds. The van der Waals surface area contributed by atoms with Gasteiger partial charge in [-0.15, -0.1) is 11.8 Å². The molecule has 0 radical (unpaired) electrons. The number of para-hydroxylation sites is 1. The molecule has 1 aromatic carbocycles. The zero-order chi connectivity index (χ0) is 13.9. The highest BCUT2D eigenvalue weighted by molar-refractivity contribution is 7.99. The molecule has 0 fully saturated rings. The normalized spacial score (nSPS) is 11.5. The monoisotopic (exact) mass is 276 g/mol. The molecule has 5 heteroatoms. The lowest BCUT2D eigenvalue weighted by Crippen LogP contribution is -2.28. The maximum absolute atomic E-state index is 11.7. The van der Waals surface area contributed by atoms with E-state index in [4.69, 9.17) is 4.74 Å². The third-order valence-corrected chi connectivity index (χ3v) is 4.28. The number of methoxy groups -OCH3 is 1. The number of hydrogen-bond acceptors (Lipinski definition) is 5. The Balaban J connectivity index is 2.21. The van der Waals surface area contributed by atoms with Gasteiger partial charge in [-0.3, -0.25) is 4.79 Å². The second kappa shape index (κ2) is 5.57. The summed E-state index contributed by atoms with van der Waals surface area (Å²) >= 11 is 1.55. The molecule has 1 aromatic heterocycles. The Morgan fingerprint density at radius 2 is 2.05 bits per heavy atom. The van der Waals surface area contributed by atoms with E-state index in [2.05, 4.69) is 9.97 Å². The van der Waals surface area contributed by atoms with Crippen LogP contribution in [0.2, 0.25) is 0 Å². The highest BCUT2D eigenvalue weighted by atomic mass is 32.2. The number of carbonyl (C=O) groups is 1. The maximum atomic E-state index is 11.7. The van der Waals surface area contributed by atoms with Gasteiger partial charge in [0.05, 0.1) is 18.0 Å². The Morgan fingerprint density at radius 3 is 2.79 bits per heavy atom. The fraction of sp³-hybridized carbons (Fsp3) is 0.357. The van der Waals surface area contributed by atoms with Gasteiger partial charge in [0, 0.05) is 11.1 Å². The van der Waals surface area contributed by atoms with Crippen LogP contribution in [0.3, 0.4) is 0 Å². The van der Waals surface area contributed by atoms with Crippen LogP contribution in [-0.4, -0.2) is 28.8 Å². The van der Waals surface area contributed by atoms with E-state index in [0.29, 0.717) is 5.75 Å². The average molecular weight is 276 g/mol. The molecule has 0 saturated carbocycles. The number of benzene rings is 1. The van der Waals surface area contributed by atoms with Crippen LogP contribution in [0.4, 0.5) is 0 Å². The van der Waals surface area contributed by atoms with E-state index in [-0.39, 0.29) is 5.97 Å². The minimum Gasteiger partial charge on any atom is -0.469 e. The van der Waals surface area contributed by atoms with Crippen LogP contribution in [0, 0.1) is 5.41 Å². The molecule has 4 nitrogen and oxygen atoms in total. The number of esters is 1. The van der Waals surface area contributed by atoms with E-state index in [9.17, 15) is 4.79 Å². The third kappa shape index (κ3) is 3.04. The smallest absolute Gasteiger partial charge is 0.312 e. The lowest BCUT2D eigenvalue weighted by molar-refractivity contribution is -0.149. The summed E-state index contributed by atoms with van der Waals surface area (Å²) in [4.78, 5) is 20.2. The summed E-state index contributed by atoms with van der Waals surface area (Å²) in [6.07, 6.45) is 1.55. The van der Waals surface area contributed by atoms with Crippen LogP contribution in [0.1, 0.15) is 13.8 Å². The first-order valence-electron chi connectivity index (χ1n) is 5.95. The van der Waals surface area contributed by atoms with Crippen LogP contribution in [0.25, 0.3) is 10.9 Å². The van der Waals surface area contributed by atoms with Gasteiger partial charge in [-0.25, -0.2) is 9.97 Å². The highest BCUT2D eigenvalue weighted by Crippen LogP contribution is 2.30. The van der Waals surface area contributed by atoms with Gasteiger partial charge in [-0.2, -0.15) is 0 Å². The molecule has 2 aromatic rings. The number of hydrogen-bond donors (Lipinski definition) is 0. The molecule has 0 bridgehead atoms. The molecule has 0 atom stereocenters. The Bertz CT molecular complexity index is 594. The molecule has 0 saturated heterocycles. The Hall–Kier alpha value is -1.62. The summed E-state index contributed by atoms with van der Waals surface area (Å²) in [6, 6.07) is 7.85. The van der Waals surface area contributed by atoms with Crippen molar-refractivity contribution in [3.8, 4) is 0 Å². The fourth-order valence-corrected chi connectivity index (χ4v) is 2.74. The Kier molecular flexibility index (Phi) is 4.04. The van der Waals surface area contributed by atoms with Gasteiger partial charge in [-0.1, -0.05) is 18.2 Å². The van der Waals surface area contributed by atoms with Crippen molar-refractivity contribution in [2.45, 2.75) is 18.9 Å². The second-order valence-corrected chi connectivity index (χ2v) is 5.82. The van der Waals surface area contributed by atoms with Crippen molar-refractivity contribution in [1.29, 1.82) is 0 Å². The number of aromatic nitrogens is 2. The van der Waals surface area contributed by atoms with Crippen LogP contribution >= 0.6 is 11.8 Å². The zero-order valence-corrected chi connectivity index (χ0v) is 12.0. The average Bonchev–Trinajstić information content (AvgIpc) is 2.44. The zero-order valence-electron chi connectivity index (χ0n) is 11.2. The molecule has 2 rings (SSSR count). The first-order chi connectivity index (χ1) is 9.04. The van der Waals surface area contributed by atoms with Crippen LogP contribution in [-0.2, 0) is 9.53 Å². The lowest BCUT2D eigenvalue weighted by Gasteiger charge is -2.20. The number of rotatable bonds is 4. The summed E-state index contributed by atoms with van der Waals surface area (Å²) < 4.78 is 4.81. The third-order valence-electron chi connectivity index (χ3n) is 2.81. The van der Waals surface area contributed by atoms with E-state index in [0.717, 1.165) is 15.9 Å². The van der Waals surface area contributed by atoms with Crippen molar-refractivity contribution < 1.29 is 9.53 Å². The summed E-state index contributed by atoms with van der Waals surface area (Å²) in [5.41, 5.74) is 0.377. The van der Waals surface area contributed by atoms with E-state index in [1.54, 1.807) is 18.1 Å². The van der Waals surface area contributed by atoms with E-state index in [1.165, 1.54) is 7.11 Å². The van der Waals surface area contributed by atoms with Crippen molar-refractivity contribution in [2.24, 2.45) is 5.41 Å². The molecule has 0 N–H and O–H groups in total. The standard InChI is InChI=1S/C14H16N2O2S/c1-14(2,13(17)18-3)8-19-12-10-6-4-5-7-11(10)15-9-16-12/h4-7,9H,8H2,1-3H3. The predicted octanol–water partition coefficient (Wildman–Crippen LogP) is 2.92. The van der Waals surface area contributed by atoms with Gasteiger partial charge in [0.1, 0.15) is 11.4 Å². The molecule has 0 aliphatic carbocycles. The molecule has 0 unspecified atom stereocenters. The van der Waals surface area contributed by atoms with Crippen molar-refractivity contribution in [1.82, 2.24) is 9.97 Å². The van der Waals surface area contributed by atoms with Gasteiger partial charge in [0.25, 0.3) is 0 Å². The van der Waals surface area contributed by atoms with E-state index < -0.39 is 5.41 Å². The van der Waals surface area contributed by atoms with Gasteiger partial charge in [-0.05, 0) is 19.9 Å². The largest absolute Gasteiger partial charge is 0.469 e. The maximum Gasteiger partial charge on any atom is 0.312 e. The molecular weight excluding hydrogens is 260 g/mol. The van der Waals surface area contributed by atoms with Crippen LogP contribution in [0.15, 0.2) is 35.6 Å².